The van der Waals surface area contributed by atoms with Crippen molar-refractivity contribution in [3.63, 3.8) is 0 Å². The standard InChI is InChI=1S/C16H22N2O2S/c1-12-5-6-14(16(17)20)9-18(12)10-15-8-13(11-21-15)4-2-3-7-19/h8,11-12,14,19H,3,5-7,9-10H2,1H3,(H2,17,20). The number of amides is 1. The van der Waals surface area contributed by atoms with Gasteiger partial charge >= 0.3 is 0 Å². The molecule has 2 heterocycles. The molecule has 1 aliphatic rings. The van der Waals surface area contributed by atoms with Crippen LogP contribution in [0.4, 0.5) is 0 Å². The highest BCUT2D eigenvalue weighted by atomic mass is 32.1. The van der Waals surface area contributed by atoms with Crippen LogP contribution in [0.3, 0.4) is 0 Å². The number of primary amides is 1. The van der Waals surface area contributed by atoms with Crippen LogP contribution in [-0.2, 0) is 11.3 Å². The van der Waals surface area contributed by atoms with E-state index in [1.165, 1.54) is 4.88 Å². The summed E-state index contributed by atoms with van der Waals surface area (Å²) >= 11 is 1.69. The molecule has 5 heteroatoms. The van der Waals surface area contributed by atoms with Gasteiger partial charge in [0.1, 0.15) is 0 Å². The normalized spacial score (nSPS) is 22.6. The number of hydrogen-bond acceptors (Lipinski definition) is 4. The number of likely N-dealkylation sites (tertiary alicyclic amines) is 1. The zero-order chi connectivity index (χ0) is 15.2. The molecule has 0 saturated carbocycles. The molecule has 2 unspecified atom stereocenters. The van der Waals surface area contributed by atoms with Crippen molar-refractivity contribution in [1.29, 1.82) is 0 Å². The molecule has 0 radical (unpaired) electrons. The lowest BCUT2D eigenvalue weighted by Gasteiger charge is -2.36. The summed E-state index contributed by atoms with van der Waals surface area (Å²) in [7, 11) is 0. The summed E-state index contributed by atoms with van der Waals surface area (Å²) in [5.41, 5.74) is 6.44. The number of carbonyl (C=O) groups excluding carboxylic acids is 1. The van der Waals surface area contributed by atoms with E-state index < -0.39 is 0 Å². The Bertz CT molecular complexity index is 544. The Hall–Kier alpha value is -1.35. The number of piperidine rings is 1. The quantitative estimate of drug-likeness (QED) is 0.830. The highest BCUT2D eigenvalue weighted by molar-refractivity contribution is 7.10. The number of aliphatic hydroxyl groups is 1. The maximum atomic E-state index is 11.4. The molecule has 1 aromatic rings. The molecule has 1 fully saturated rings. The summed E-state index contributed by atoms with van der Waals surface area (Å²) in [6.07, 6.45) is 2.42. The van der Waals surface area contributed by atoms with Crippen molar-refractivity contribution < 1.29 is 9.90 Å². The molecule has 4 nitrogen and oxygen atoms in total. The van der Waals surface area contributed by atoms with Gasteiger partial charge in [0.05, 0.1) is 12.5 Å². The molecule has 114 valence electrons. The van der Waals surface area contributed by atoms with Gasteiger partial charge in [0, 0.05) is 41.4 Å². The van der Waals surface area contributed by atoms with Crippen LogP contribution < -0.4 is 5.73 Å². The second-order valence-corrected chi connectivity index (χ2v) is 6.53. The van der Waals surface area contributed by atoms with Gasteiger partial charge in [0.15, 0.2) is 0 Å². The van der Waals surface area contributed by atoms with Gasteiger partial charge in [-0.15, -0.1) is 11.3 Å². The minimum absolute atomic E-state index is 0.0232. The van der Waals surface area contributed by atoms with E-state index in [0.29, 0.717) is 12.5 Å². The van der Waals surface area contributed by atoms with Crippen LogP contribution in [0, 0.1) is 17.8 Å². The Morgan fingerprint density at radius 2 is 2.38 bits per heavy atom. The van der Waals surface area contributed by atoms with Gasteiger partial charge in [-0.1, -0.05) is 11.8 Å². The summed E-state index contributed by atoms with van der Waals surface area (Å²) in [5, 5.41) is 10.8. The summed E-state index contributed by atoms with van der Waals surface area (Å²) < 4.78 is 0. The topological polar surface area (TPSA) is 66.6 Å². The largest absolute Gasteiger partial charge is 0.395 e. The van der Waals surface area contributed by atoms with Crippen LogP contribution >= 0.6 is 11.3 Å². The second kappa shape index (κ2) is 7.60. The minimum atomic E-state index is -0.186. The Balaban J connectivity index is 1.97. The second-order valence-electron chi connectivity index (χ2n) is 5.53. The first-order chi connectivity index (χ1) is 10.1. The lowest BCUT2D eigenvalue weighted by Crippen LogP contribution is -2.45. The number of thiophene rings is 1. The predicted molar refractivity (Wildman–Crippen MR) is 84.7 cm³/mol. The fraction of sp³-hybridized carbons (Fsp3) is 0.562. The van der Waals surface area contributed by atoms with Crippen molar-refractivity contribution >= 4 is 17.2 Å². The lowest BCUT2D eigenvalue weighted by molar-refractivity contribution is -0.124. The molecule has 1 amide bonds. The third-order valence-corrected chi connectivity index (χ3v) is 4.82. The van der Waals surface area contributed by atoms with E-state index in [4.69, 9.17) is 10.8 Å². The molecule has 3 N–H and O–H groups in total. The fourth-order valence-corrected chi connectivity index (χ4v) is 3.42. The highest BCUT2D eigenvalue weighted by Gasteiger charge is 2.28. The van der Waals surface area contributed by atoms with Crippen LogP contribution in [0.15, 0.2) is 11.4 Å². The summed E-state index contributed by atoms with van der Waals surface area (Å²) in [6, 6.07) is 2.57. The summed E-state index contributed by atoms with van der Waals surface area (Å²) in [5.74, 6) is 5.77. The Labute approximate surface area is 129 Å². The van der Waals surface area contributed by atoms with E-state index in [1.54, 1.807) is 11.3 Å². The molecule has 0 aliphatic carbocycles. The van der Waals surface area contributed by atoms with Crippen LogP contribution in [0.2, 0.25) is 0 Å². The maximum absolute atomic E-state index is 11.4. The van der Waals surface area contributed by atoms with Crippen LogP contribution in [0.5, 0.6) is 0 Å². The SMILES string of the molecule is CC1CCC(C(N)=O)CN1Cc1cc(C#CCCO)cs1. The minimum Gasteiger partial charge on any atom is -0.395 e. The number of nitrogens with two attached hydrogens (primary N) is 1. The molecule has 21 heavy (non-hydrogen) atoms. The van der Waals surface area contributed by atoms with Crippen molar-refractivity contribution in [2.45, 2.75) is 38.8 Å². The van der Waals surface area contributed by atoms with Crippen molar-refractivity contribution in [2.24, 2.45) is 11.7 Å². The molecule has 1 aliphatic heterocycles. The first-order valence-electron chi connectivity index (χ1n) is 7.30. The number of carbonyl (C=O) groups is 1. The van der Waals surface area contributed by atoms with Gasteiger partial charge in [-0.2, -0.15) is 0 Å². The van der Waals surface area contributed by atoms with Crippen molar-refractivity contribution in [3.05, 3.63) is 21.9 Å². The van der Waals surface area contributed by atoms with Crippen molar-refractivity contribution in [1.82, 2.24) is 4.90 Å². The fourth-order valence-electron chi connectivity index (χ4n) is 2.58. The van der Waals surface area contributed by atoms with Crippen LogP contribution in [0.1, 0.15) is 36.6 Å². The Morgan fingerprint density at radius 1 is 1.57 bits per heavy atom. The molecule has 0 bridgehead atoms. The molecule has 2 rings (SSSR count). The monoisotopic (exact) mass is 306 g/mol. The Morgan fingerprint density at radius 3 is 3.10 bits per heavy atom. The van der Waals surface area contributed by atoms with Gasteiger partial charge in [0.25, 0.3) is 0 Å². The average Bonchev–Trinajstić information content (AvgIpc) is 2.89. The van der Waals surface area contributed by atoms with E-state index in [9.17, 15) is 4.79 Å². The predicted octanol–water partition coefficient (Wildman–Crippen LogP) is 1.57. The lowest BCUT2D eigenvalue weighted by atomic mass is 9.93. The molecule has 1 aromatic heterocycles. The number of hydrogen-bond donors (Lipinski definition) is 2. The number of nitrogens with zero attached hydrogens (tertiary/aromatic N) is 1. The van der Waals surface area contributed by atoms with E-state index in [-0.39, 0.29) is 18.4 Å². The molecule has 0 spiro atoms. The molecule has 0 aromatic carbocycles. The third-order valence-electron chi connectivity index (χ3n) is 3.90. The molecular formula is C16H22N2O2S. The van der Waals surface area contributed by atoms with Gasteiger partial charge in [-0.3, -0.25) is 9.69 Å². The smallest absolute Gasteiger partial charge is 0.221 e. The highest BCUT2D eigenvalue weighted by Crippen LogP contribution is 2.25. The third kappa shape index (κ3) is 4.57. The van der Waals surface area contributed by atoms with Gasteiger partial charge in [-0.25, -0.2) is 0 Å². The van der Waals surface area contributed by atoms with E-state index >= 15 is 0 Å². The summed E-state index contributed by atoms with van der Waals surface area (Å²) in [6.45, 7) is 3.90. The van der Waals surface area contributed by atoms with Gasteiger partial charge in [0.2, 0.25) is 5.91 Å². The maximum Gasteiger partial charge on any atom is 0.221 e. The zero-order valence-electron chi connectivity index (χ0n) is 12.3. The number of rotatable bonds is 4. The zero-order valence-corrected chi connectivity index (χ0v) is 13.2. The van der Waals surface area contributed by atoms with E-state index in [0.717, 1.165) is 31.5 Å². The van der Waals surface area contributed by atoms with E-state index in [1.807, 2.05) is 5.38 Å². The van der Waals surface area contributed by atoms with Crippen molar-refractivity contribution in [3.8, 4) is 11.8 Å². The molecular weight excluding hydrogens is 284 g/mol. The van der Waals surface area contributed by atoms with E-state index in [2.05, 4.69) is 29.7 Å². The first-order valence-corrected chi connectivity index (χ1v) is 8.18. The van der Waals surface area contributed by atoms with Crippen molar-refractivity contribution in [2.75, 3.05) is 13.2 Å². The summed E-state index contributed by atoms with van der Waals surface area (Å²) in [4.78, 5) is 14.9. The average molecular weight is 306 g/mol. The van der Waals surface area contributed by atoms with Crippen LogP contribution in [-0.4, -0.2) is 35.1 Å². The Kier molecular flexibility index (Phi) is 5.80. The molecule has 2 atom stereocenters. The van der Waals surface area contributed by atoms with Gasteiger partial charge in [-0.05, 0) is 25.8 Å². The van der Waals surface area contributed by atoms with Gasteiger partial charge < -0.3 is 10.8 Å². The van der Waals surface area contributed by atoms with Crippen LogP contribution in [0.25, 0.3) is 0 Å². The first kappa shape index (κ1) is 16.0. The molecule has 1 saturated heterocycles. The number of aliphatic hydroxyl groups excluding tert-OH is 1.